The van der Waals surface area contributed by atoms with Crippen LogP contribution in [0, 0.1) is 0 Å². The van der Waals surface area contributed by atoms with Gasteiger partial charge in [-0.05, 0) is 12.8 Å². The van der Waals surface area contributed by atoms with Crippen molar-refractivity contribution >= 4 is 17.8 Å². The van der Waals surface area contributed by atoms with Crippen LogP contribution in [0.15, 0.2) is 10.5 Å². The van der Waals surface area contributed by atoms with Crippen molar-refractivity contribution in [2.24, 2.45) is 0 Å². The average molecular weight is 320 g/mol. The highest BCUT2D eigenvalue weighted by atomic mass is 16.4. The lowest BCUT2D eigenvalue weighted by molar-refractivity contribution is -0.127. The number of furan rings is 1. The van der Waals surface area contributed by atoms with Gasteiger partial charge in [-0.3, -0.25) is 9.59 Å². The molecule has 2 N–H and O–H groups in total. The smallest absolute Gasteiger partial charge is 0.339 e. The molecule has 2 atom stereocenters. The average Bonchev–Trinajstić information content (AvgIpc) is 2.98. The molecular formula is C16H20N2O5. The Labute approximate surface area is 133 Å². The number of aryl methyl sites for hydroxylation is 1. The Hall–Kier alpha value is -2.31. The highest BCUT2D eigenvalue weighted by Crippen LogP contribution is 2.28. The lowest BCUT2D eigenvalue weighted by Gasteiger charge is -2.43. The molecule has 1 saturated carbocycles. The van der Waals surface area contributed by atoms with Gasteiger partial charge in [0.15, 0.2) is 5.76 Å². The van der Waals surface area contributed by atoms with E-state index in [1.807, 2.05) is 0 Å². The molecule has 2 amide bonds. The van der Waals surface area contributed by atoms with Gasteiger partial charge in [0.25, 0.3) is 5.91 Å². The Morgan fingerprint density at radius 3 is 2.78 bits per heavy atom. The van der Waals surface area contributed by atoms with Gasteiger partial charge in [0.1, 0.15) is 17.9 Å². The van der Waals surface area contributed by atoms with E-state index in [-0.39, 0.29) is 41.6 Å². The number of amides is 2. The fourth-order valence-electron chi connectivity index (χ4n) is 3.52. The topological polar surface area (TPSA) is 99.9 Å². The second-order valence-corrected chi connectivity index (χ2v) is 6.07. The van der Waals surface area contributed by atoms with Gasteiger partial charge in [0.05, 0.1) is 6.04 Å². The summed E-state index contributed by atoms with van der Waals surface area (Å²) in [5.41, 5.74) is 0.0116. The summed E-state index contributed by atoms with van der Waals surface area (Å²) >= 11 is 0. The maximum absolute atomic E-state index is 12.8. The molecular weight excluding hydrogens is 300 g/mol. The summed E-state index contributed by atoms with van der Waals surface area (Å²) < 4.78 is 5.45. The molecule has 1 aliphatic carbocycles. The fourth-order valence-corrected chi connectivity index (χ4v) is 3.52. The summed E-state index contributed by atoms with van der Waals surface area (Å²) in [5, 5.41) is 12.1. The molecule has 7 heteroatoms. The van der Waals surface area contributed by atoms with Crippen LogP contribution >= 0.6 is 0 Å². The lowest BCUT2D eigenvalue weighted by Crippen LogP contribution is -2.62. The molecule has 2 heterocycles. The maximum Gasteiger partial charge on any atom is 0.339 e. The van der Waals surface area contributed by atoms with Crippen LogP contribution in [0.5, 0.6) is 0 Å². The molecule has 23 heavy (non-hydrogen) atoms. The van der Waals surface area contributed by atoms with Gasteiger partial charge in [-0.15, -0.1) is 0 Å². The molecule has 2 unspecified atom stereocenters. The van der Waals surface area contributed by atoms with E-state index in [4.69, 9.17) is 4.42 Å². The molecule has 124 valence electrons. The van der Waals surface area contributed by atoms with E-state index in [1.165, 1.54) is 11.0 Å². The Bertz CT molecular complexity index is 651. The number of nitrogens with zero attached hydrogens (tertiary/aromatic N) is 1. The van der Waals surface area contributed by atoms with Crippen molar-refractivity contribution in [3.8, 4) is 0 Å². The minimum atomic E-state index is -1.11. The lowest BCUT2D eigenvalue weighted by atomic mass is 9.87. The predicted molar refractivity (Wildman–Crippen MR) is 80.3 cm³/mol. The third-order valence-electron chi connectivity index (χ3n) is 4.62. The third kappa shape index (κ3) is 2.83. The van der Waals surface area contributed by atoms with Crippen molar-refractivity contribution in [3.05, 3.63) is 23.2 Å². The van der Waals surface area contributed by atoms with Gasteiger partial charge in [-0.2, -0.15) is 0 Å². The number of carboxylic acid groups (broad SMARTS) is 1. The summed E-state index contributed by atoms with van der Waals surface area (Å²) in [7, 11) is 0. The first-order valence-electron chi connectivity index (χ1n) is 7.97. The zero-order valence-corrected chi connectivity index (χ0v) is 13.0. The second-order valence-electron chi connectivity index (χ2n) is 6.07. The number of carboxylic acids is 1. The fraction of sp³-hybridized carbons (Fsp3) is 0.562. The maximum atomic E-state index is 12.8. The van der Waals surface area contributed by atoms with Crippen LogP contribution in [-0.4, -0.2) is 46.4 Å². The van der Waals surface area contributed by atoms with E-state index in [0.717, 1.165) is 25.7 Å². The number of hydrogen-bond acceptors (Lipinski definition) is 4. The van der Waals surface area contributed by atoms with E-state index in [0.29, 0.717) is 6.42 Å². The first-order valence-corrected chi connectivity index (χ1v) is 7.97. The molecule has 3 rings (SSSR count). The first kappa shape index (κ1) is 15.6. The van der Waals surface area contributed by atoms with Crippen LogP contribution in [0.25, 0.3) is 0 Å². The molecule has 0 spiro atoms. The number of aromatic carboxylic acids is 1. The van der Waals surface area contributed by atoms with E-state index < -0.39 is 11.9 Å². The summed E-state index contributed by atoms with van der Waals surface area (Å²) in [4.78, 5) is 37.4. The SMILES string of the molecule is CCc1oc(C(=O)N2CC(=O)NC3CCCCC32)cc1C(=O)O. The number of hydrogen-bond donors (Lipinski definition) is 2. The Kier molecular flexibility index (Phi) is 4.11. The van der Waals surface area contributed by atoms with E-state index in [2.05, 4.69) is 5.32 Å². The summed E-state index contributed by atoms with van der Waals surface area (Å²) in [5.74, 6) is -1.42. The standard InChI is InChI=1S/C16H20N2O5/c1-2-12-9(16(21)22)7-13(23-12)15(20)18-8-14(19)17-10-5-3-4-6-11(10)18/h7,10-11H,2-6,8H2,1H3,(H,17,19)(H,21,22). The van der Waals surface area contributed by atoms with Crippen LogP contribution in [0.3, 0.4) is 0 Å². The summed E-state index contributed by atoms with van der Waals surface area (Å²) in [6, 6.07) is 1.21. The highest BCUT2D eigenvalue weighted by Gasteiger charge is 2.40. The summed E-state index contributed by atoms with van der Waals surface area (Å²) in [6.45, 7) is 1.76. The normalized spacial score (nSPS) is 24.0. The first-order chi connectivity index (χ1) is 11.0. The number of carbonyl (C=O) groups excluding carboxylic acids is 2. The van der Waals surface area contributed by atoms with Crippen LogP contribution in [0.1, 0.15) is 59.3 Å². The van der Waals surface area contributed by atoms with Crippen molar-refractivity contribution in [2.75, 3.05) is 6.54 Å². The largest absolute Gasteiger partial charge is 0.478 e. The minimum absolute atomic E-state index is 0.00160. The zero-order valence-electron chi connectivity index (χ0n) is 13.0. The third-order valence-corrected chi connectivity index (χ3v) is 4.62. The zero-order chi connectivity index (χ0) is 16.6. The van der Waals surface area contributed by atoms with Crippen molar-refractivity contribution < 1.29 is 23.9 Å². The molecule has 2 aliphatic rings. The number of carbonyl (C=O) groups is 3. The molecule has 1 saturated heterocycles. The van der Waals surface area contributed by atoms with E-state index >= 15 is 0 Å². The van der Waals surface area contributed by atoms with Crippen molar-refractivity contribution in [3.63, 3.8) is 0 Å². The number of piperazine rings is 1. The molecule has 1 aromatic rings. The number of fused-ring (bicyclic) bond motifs is 1. The highest BCUT2D eigenvalue weighted by molar-refractivity contribution is 5.98. The Morgan fingerprint density at radius 1 is 1.39 bits per heavy atom. The minimum Gasteiger partial charge on any atom is -0.478 e. The molecule has 1 aliphatic heterocycles. The second kappa shape index (κ2) is 6.06. The predicted octanol–water partition coefficient (Wildman–Crippen LogP) is 1.42. The molecule has 0 bridgehead atoms. The number of rotatable bonds is 3. The van der Waals surface area contributed by atoms with Crippen LogP contribution in [0.4, 0.5) is 0 Å². The molecule has 1 aromatic heterocycles. The van der Waals surface area contributed by atoms with Crippen molar-refractivity contribution in [1.29, 1.82) is 0 Å². The quantitative estimate of drug-likeness (QED) is 0.877. The van der Waals surface area contributed by atoms with E-state index in [9.17, 15) is 19.5 Å². The van der Waals surface area contributed by atoms with Crippen molar-refractivity contribution in [1.82, 2.24) is 10.2 Å². The number of nitrogens with one attached hydrogen (secondary N) is 1. The molecule has 0 radical (unpaired) electrons. The van der Waals surface area contributed by atoms with Gasteiger partial charge < -0.3 is 19.7 Å². The van der Waals surface area contributed by atoms with Gasteiger partial charge in [0.2, 0.25) is 5.91 Å². The van der Waals surface area contributed by atoms with Crippen LogP contribution in [-0.2, 0) is 11.2 Å². The molecule has 2 fully saturated rings. The van der Waals surface area contributed by atoms with Gasteiger partial charge >= 0.3 is 5.97 Å². The Morgan fingerprint density at radius 2 is 2.13 bits per heavy atom. The summed E-state index contributed by atoms with van der Waals surface area (Å²) in [6.07, 6.45) is 4.14. The van der Waals surface area contributed by atoms with Gasteiger partial charge in [-0.1, -0.05) is 19.8 Å². The van der Waals surface area contributed by atoms with E-state index in [1.54, 1.807) is 6.92 Å². The Balaban J connectivity index is 1.89. The molecule has 7 nitrogen and oxygen atoms in total. The molecule has 0 aromatic carbocycles. The van der Waals surface area contributed by atoms with Crippen LogP contribution < -0.4 is 5.32 Å². The van der Waals surface area contributed by atoms with Crippen molar-refractivity contribution in [2.45, 2.75) is 51.1 Å². The van der Waals surface area contributed by atoms with Crippen LogP contribution in [0.2, 0.25) is 0 Å². The monoisotopic (exact) mass is 320 g/mol. The van der Waals surface area contributed by atoms with Gasteiger partial charge in [0, 0.05) is 18.5 Å². The van der Waals surface area contributed by atoms with Gasteiger partial charge in [-0.25, -0.2) is 4.79 Å².